The number of hydrogen-bond acceptors (Lipinski definition) is 7. The van der Waals surface area contributed by atoms with E-state index in [9.17, 15) is 14.7 Å². The minimum atomic E-state index is -0.871. The van der Waals surface area contributed by atoms with E-state index in [1.165, 1.54) is 11.2 Å². The van der Waals surface area contributed by atoms with E-state index in [2.05, 4.69) is 20.8 Å². The normalized spacial score (nSPS) is 16.5. The summed E-state index contributed by atoms with van der Waals surface area (Å²) in [6.07, 6.45) is 4.35. The fourth-order valence-electron chi connectivity index (χ4n) is 4.54. The van der Waals surface area contributed by atoms with Crippen LogP contribution in [0.2, 0.25) is 0 Å². The molecule has 1 aliphatic heterocycles. The number of unbranched alkanes of at least 4 members (excludes halogenated alkanes) is 1. The number of likely N-dealkylation sites (tertiary alicyclic amines) is 1. The molecule has 0 bridgehead atoms. The van der Waals surface area contributed by atoms with Crippen molar-refractivity contribution < 1.29 is 33.3 Å². The lowest BCUT2D eigenvalue weighted by molar-refractivity contribution is -0.140. The van der Waals surface area contributed by atoms with Gasteiger partial charge in [-0.1, -0.05) is 33.3 Å². The highest BCUT2D eigenvalue weighted by molar-refractivity contribution is 6.46. The lowest BCUT2D eigenvalue weighted by Gasteiger charge is -2.25. The quantitative estimate of drug-likeness (QED) is 0.113. The first-order chi connectivity index (χ1) is 19.3. The number of benzene rings is 2. The minimum Gasteiger partial charge on any atom is -0.507 e. The third-order valence-electron chi connectivity index (χ3n) is 6.80. The molecule has 0 radical (unpaired) electrons. The van der Waals surface area contributed by atoms with E-state index < -0.39 is 17.7 Å². The molecular weight excluding hydrogens is 510 g/mol. The topological polar surface area (TPSA) is 98.4 Å². The minimum absolute atomic E-state index is 0.00765. The Bertz CT molecular complexity index is 1330. The van der Waals surface area contributed by atoms with Gasteiger partial charge in [0.15, 0.2) is 11.5 Å². The van der Waals surface area contributed by atoms with Crippen LogP contribution in [0.3, 0.4) is 0 Å². The van der Waals surface area contributed by atoms with Crippen LogP contribution in [0.5, 0.6) is 17.2 Å². The van der Waals surface area contributed by atoms with Crippen LogP contribution in [0.4, 0.5) is 0 Å². The summed E-state index contributed by atoms with van der Waals surface area (Å²) in [5.74, 6) is 0.947. The number of aliphatic hydroxyl groups is 1. The van der Waals surface area contributed by atoms with Gasteiger partial charge < -0.3 is 28.6 Å². The van der Waals surface area contributed by atoms with Crippen LogP contribution in [-0.4, -0.2) is 42.0 Å². The Morgan fingerprint density at radius 1 is 1.02 bits per heavy atom. The van der Waals surface area contributed by atoms with E-state index in [4.69, 9.17) is 18.6 Å². The summed E-state index contributed by atoms with van der Waals surface area (Å²) in [5.41, 5.74) is 0.996. The fourth-order valence-corrected chi connectivity index (χ4v) is 4.54. The molecule has 1 aromatic heterocycles. The highest BCUT2D eigenvalue weighted by atomic mass is 16.5. The van der Waals surface area contributed by atoms with Gasteiger partial charge in [0.25, 0.3) is 11.7 Å². The largest absolute Gasteiger partial charge is 0.507 e. The van der Waals surface area contributed by atoms with Crippen LogP contribution in [0.15, 0.2) is 70.9 Å². The number of nitrogens with zero attached hydrogens (tertiary/aromatic N) is 1. The van der Waals surface area contributed by atoms with Crippen LogP contribution >= 0.6 is 0 Å². The fraction of sp³-hybridized carbons (Fsp3) is 0.375. The summed E-state index contributed by atoms with van der Waals surface area (Å²) in [6, 6.07) is 14.7. The first-order valence-electron chi connectivity index (χ1n) is 13.7. The Hall–Kier alpha value is -4.20. The van der Waals surface area contributed by atoms with Gasteiger partial charge in [-0.15, -0.1) is 0 Å². The zero-order valence-corrected chi connectivity index (χ0v) is 23.5. The zero-order chi connectivity index (χ0) is 28.6. The van der Waals surface area contributed by atoms with Gasteiger partial charge in [0.1, 0.15) is 17.3 Å². The second-order valence-corrected chi connectivity index (χ2v) is 10.2. The van der Waals surface area contributed by atoms with Gasteiger partial charge in [0, 0.05) is 5.56 Å². The van der Waals surface area contributed by atoms with Gasteiger partial charge in [0.05, 0.1) is 44.7 Å². The van der Waals surface area contributed by atoms with Crippen molar-refractivity contribution in [3.05, 3.63) is 83.3 Å². The lowest BCUT2D eigenvalue weighted by Crippen LogP contribution is -2.29. The van der Waals surface area contributed by atoms with Crippen molar-refractivity contribution in [3.63, 3.8) is 0 Å². The van der Waals surface area contributed by atoms with Crippen molar-refractivity contribution in [3.8, 4) is 17.2 Å². The smallest absolute Gasteiger partial charge is 0.296 e. The standard InChI is InChI=1S/C32H37NO7/c1-5-6-16-38-24-12-9-22(10-13-24)30(34)28-29(33(32(36)31(28)35)20-25-8-7-17-39-25)23-11-14-26(27(19-23)37-4)40-18-15-21(2)3/h7-14,17,19,21,29,34H,5-6,15-16,18,20H2,1-4H3/t29-/m1/s1. The van der Waals surface area contributed by atoms with E-state index in [0.717, 1.165) is 19.3 Å². The Labute approximate surface area is 235 Å². The second kappa shape index (κ2) is 13.2. The molecule has 1 aliphatic rings. The number of carbonyl (C=O) groups is 2. The van der Waals surface area contributed by atoms with Gasteiger partial charge in [0.2, 0.25) is 0 Å². The van der Waals surface area contributed by atoms with Gasteiger partial charge in [-0.25, -0.2) is 0 Å². The predicted molar refractivity (Wildman–Crippen MR) is 151 cm³/mol. The van der Waals surface area contributed by atoms with E-state index in [1.807, 2.05) is 0 Å². The molecule has 2 heterocycles. The summed E-state index contributed by atoms with van der Waals surface area (Å²) in [6.45, 7) is 7.52. The molecule has 0 aliphatic carbocycles. The number of amides is 1. The summed E-state index contributed by atoms with van der Waals surface area (Å²) >= 11 is 0. The van der Waals surface area contributed by atoms with Gasteiger partial charge >= 0.3 is 0 Å². The molecule has 4 rings (SSSR count). The SMILES string of the molecule is CCCCOc1ccc(C(O)=C2C(=O)C(=O)N(Cc3ccco3)[C@@H]2c2ccc(OCCC(C)C)c(OC)c2)cc1. The third kappa shape index (κ3) is 6.50. The molecule has 1 amide bonds. The molecule has 8 nitrogen and oxygen atoms in total. The number of furan rings is 1. The van der Waals surface area contributed by atoms with Crippen molar-refractivity contribution in [1.29, 1.82) is 0 Å². The zero-order valence-electron chi connectivity index (χ0n) is 23.5. The number of aliphatic hydroxyl groups excluding tert-OH is 1. The molecular formula is C32H37NO7. The van der Waals surface area contributed by atoms with Crippen LogP contribution in [0.25, 0.3) is 5.76 Å². The number of methoxy groups -OCH3 is 1. The molecule has 212 valence electrons. The van der Waals surface area contributed by atoms with Gasteiger partial charge in [-0.2, -0.15) is 0 Å². The molecule has 1 saturated heterocycles. The van der Waals surface area contributed by atoms with Gasteiger partial charge in [-0.3, -0.25) is 9.59 Å². The molecule has 0 spiro atoms. The number of carbonyl (C=O) groups excluding carboxylic acids is 2. The van der Waals surface area contributed by atoms with Crippen molar-refractivity contribution in [2.45, 2.75) is 52.6 Å². The van der Waals surface area contributed by atoms with Crippen molar-refractivity contribution in [1.82, 2.24) is 4.90 Å². The molecule has 1 fully saturated rings. The van der Waals surface area contributed by atoms with E-state index in [1.54, 1.807) is 61.7 Å². The van der Waals surface area contributed by atoms with E-state index >= 15 is 0 Å². The average molecular weight is 548 g/mol. The summed E-state index contributed by atoms with van der Waals surface area (Å²) in [5, 5.41) is 11.4. The molecule has 2 aromatic carbocycles. The van der Waals surface area contributed by atoms with Gasteiger partial charge in [-0.05, 0) is 72.9 Å². The maximum Gasteiger partial charge on any atom is 0.296 e. The van der Waals surface area contributed by atoms with Crippen molar-refractivity contribution in [2.24, 2.45) is 5.92 Å². The maximum atomic E-state index is 13.4. The summed E-state index contributed by atoms with van der Waals surface area (Å²) in [4.78, 5) is 28.1. The maximum absolute atomic E-state index is 13.4. The monoisotopic (exact) mass is 547 g/mol. The van der Waals surface area contributed by atoms with Crippen LogP contribution in [-0.2, 0) is 16.1 Å². The van der Waals surface area contributed by atoms with Crippen molar-refractivity contribution >= 4 is 17.4 Å². The molecule has 0 saturated carbocycles. The number of hydrogen-bond donors (Lipinski definition) is 1. The van der Waals surface area contributed by atoms with Crippen LogP contribution in [0.1, 0.15) is 63.0 Å². The Kier molecular flexibility index (Phi) is 9.53. The van der Waals surface area contributed by atoms with Crippen LogP contribution in [0, 0.1) is 5.92 Å². The number of ether oxygens (including phenoxy) is 3. The Morgan fingerprint density at radius 2 is 1.80 bits per heavy atom. The molecule has 8 heteroatoms. The van der Waals surface area contributed by atoms with E-state index in [-0.39, 0.29) is 17.9 Å². The third-order valence-corrected chi connectivity index (χ3v) is 6.80. The Morgan fingerprint density at radius 3 is 2.45 bits per heavy atom. The van der Waals surface area contributed by atoms with Crippen LogP contribution < -0.4 is 14.2 Å². The molecule has 40 heavy (non-hydrogen) atoms. The molecule has 1 atom stereocenters. The second-order valence-electron chi connectivity index (χ2n) is 10.2. The van der Waals surface area contributed by atoms with E-state index in [0.29, 0.717) is 53.3 Å². The Balaban J connectivity index is 1.73. The number of Topliss-reactive ketones (excluding diaryl/α,β-unsaturated/α-hetero) is 1. The highest BCUT2D eigenvalue weighted by Crippen LogP contribution is 2.43. The molecule has 0 unspecified atom stereocenters. The predicted octanol–water partition coefficient (Wildman–Crippen LogP) is 6.51. The highest BCUT2D eigenvalue weighted by Gasteiger charge is 2.46. The molecule has 1 N–H and O–H groups in total. The number of ketones is 1. The number of rotatable bonds is 13. The molecule has 3 aromatic rings. The van der Waals surface area contributed by atoms with Crippen molar-refractivity contribution in [2.75, 3.05) is 20.3 Å². The first kappa shape index (κ1) is 28.8. The summed E-state index contributed by atoms with van der Waals surface area (Å²) in [7, 11) is 1.54. The average Bonchev–Trinajstić information content (AvgIpc) is 3.55. The summed E-state index contributed by atoms with van der Waals surface area (Å²) < 4.78 is 22.8. The lowest BCUT2D eigenvalue weighted by atomic mass is 9.95. The first-order valence-corrected chi connectivity index (χ1v) is 13.7.